The highest BCUT2D eigenvalue weighted by atomic mass is 16.5. The van der Waals surface area contributed by atoms with Gasteiger partial charge in [0.15, 0.2) is 23.1 Å². The molecule has 0 fully saturated rings. The Morgan fingerprint density at radius 3 is 2.04 bits per heavy atom. The summed E-state index contributed by atoms with van der Waals surface area (Å²) < 4.78 is 27.7. The van der Waals surface area contributed by atoms with Crippen molar-refractivity contribution in [1.29, 1.82) is 0 Å². The van der Waals surface area contributed by atoms with Gasteiger partial charge in [-0.15, -0.1) is 0 Å². The van der Waals surface area contributed by atoms with Crippen LogP contribution in [0.15, 0.2) is 40.8 Å². The number of ether oxygens (including phenoxy) is 4. The molecule has 0 aliphatic carbocycles. The Morgan fingerprint density at radius 2 is 1.52 bits per heavy atom. The lowest BCUT2D eigenvalue weighted by molar-refractivity contribution is 0.324. The Morgan fingerprint density at radius 1 is 0.889 bits per heavy atom. The Balaban J connectivity index is 2.11. The first-order valence-electron chi connectivity index (χ1n) is 8.62. The van der Waals surface area contributed by atoms with Gasteiger partial charge in [-0.1, -0.05) is 0 Å². The molecule has 0 bridgehead atoms. The maximum Gasteiger partial charge on any atom is 0.203 e. The fourth-order valence-electron chi connectivity index (χ4n) is 2.91. The van der Waals surface area contributed by atoms with Gasteiger partial charge in [0, 0.05) is 18.1 Å². The molecule has 6 heteroatoms. The zero-order valence-corrected chi connectivity index (χ0v) is 16.2. The minimum Gasteiger partial charge on any atom is -0.494 e. The first-order chi connectivity index (χ1) is 13.1. The molecule has 0 spiro atoms. The second-order valence-electron chi connectivity index (χ2n) is 5.78. The monoisotopic (exact) mass is 369 g/mol. The SMILES string of the molecule is CCOc1ccc(-c2nc(C)oc2-c2cc(OC)c(OC)c(OC)c2)cc1. The molecular formula is C21H23NO5. The van der Waals surface area contributed by atoms with Gasteiger partial charge in [-0.05, 0) is 43.3 Å². The summed E-state index contributed by atoms with van der Waals surface area (Å²) in [5.41, 5.74) is 2.46. The maximum absolute atomic E-state index is 5.91. The van der Waals surface area contributed by atoms with E-state index in [2.05, 4.69) is 4.98 Å². The van der Waals surface area contributed by atoms with E-state index in [1.54, 1.807) is 21.3 Å². The van der Waals surface area contributed by atoms with Crippen molar-refractivity contribution in [2.45, 2.75) is 13.8 Å². The molecular weight excluding hydrogens is 346 g/mol. The average molecular weight is 369 g/mol. The molecule has 0 N–H and O–H groups in total. The van der Waals surface area contributed by atoms with Crippen LogP contribution in [0, 0.1) is 6.92 Å². The van der Waals surface area contributed by atoms with Gasteiger partial charge in [-0.2, -0.15) is 0 Å². The first-order valence-corrected chi connectivity index (χ1v) is 8.62. The summed E-state index contributed by atoms with van der Waals surface area (Å²) in [6.07, 6.45) is 0. The third-order valence-corrected chi connectivity index (χ3v) is 4.10. The molecule has 0 aliphatic heterocycles. The van der Waals surface area contributed by atoms with Crippen LogP contribution in [0.1, 0.15) is 12.8 Å². The standard InChI is InChI=1S/C21H23NO5/c1-6-26-16-9-7-14(8-10-16)19-20(27-13(2)22-19)15-11-17(23-3)21(25-5)18(12-15)24-4/h7-12H,6H2,1-5H3. The third kappa shape index (κ3) is 3.69. The summed E-state index contributed by atoms with van der Waals surface area (Å²) in [6.45, 7) is 4.40. The molecule has 1 heterocycles. The quantitative estimate of drug-likeness (QED) is 0.599. The molecule has 0 amide bonds. The van der Waals surface area contributed by atoms with Gasteiger partial charge in [-0.3, -0.25) is 0 Å². The van der Waals surface area contributed by atoms with Gasteiger partial charge in [0.25, 0.3) is 0 Å². The van der Waals surface area contributed by atoms with Crippen LogP contribution in [-0.4, -0.2) is 32.9 Å². The second-order valence-corrected chi connectivity index (χ2v) is 5.78. The zero-order valence-electron chi connectivity index (χ0n) is 16.2. The summed E-state index contributed by atoms with van der Waals surface area (Å²) in [5.74, 6) is 3.66. The predicted octanol–water partition coefficient (Wildman–Crippen LogP) is 4.74. The van der Waals surface area contributed by atoms with E-state index in [-0.39, 0.29) is 0 Å². The van der Waals surface area contributed by atoms with Crippen LogP contribution in [-0.2, 0) is 0 Å². The highest BCUT2D eigenvalue weighted by molar-refractivity contribution is 5.79. The normalized spacial score (nSPS) is 10.6. The van der Waals surface area contributed by atoms with Crippen LogP contribution in [0.5, 0.6) is 23.0 Å². The van der Waals surface area contributed by atoms with E-state index in [1.807, 2.05) is 50.2 Å². The zero-order chi connectivity index (χ0) is 19.4. The van der Waals surface area contributed by atoms with E-state index >= 15 is 0 Å². The number of oxazole rings is 1. The number of nitrogens with zero attached hydrogens (tertiary/aromatic N) is 1. The first kappa shape index (κ1) is 18.6. The number of hydrogen-bond acceptors (Lipinski definition) is 6. The summed E-state index contributed by atoms with van der Waals surface area (Å²) in [7, 11) is 4.74. The van der Waals surface area contributed by atoms with Crippen LogP contribution in [0.2, 0.25) is 0 Å². The topological polar surface area (TPSA) is 63.0 Å². The van der Waals surface area contributed by atoms with E-state index in [0.717, 1.165) is 22.6 Å². The smallest absolute Gasteiger partial charge is 0.203 e. The number of rotatable bonds is 7. The Bertz CT molecular complexity index is 890. The van der Waals surface area contributed by atoms with Crippen LogP contribution in [0.25, 0.3) is 22.6 Å². The van der Waals surface area contributed by atoms with Crippen molar-refractivity contribution in [2.24, 2.45) is 0 Å². The minimum absolute atomic E-state index is 0.530. The van der Waals surface area contributed by atoms with Crippen molar-refractivity contribution < 1.29 is 23.4 Å². The number of benzene rings is 2. The Kier molecular flexibility index (Phi) is 5.54. The van der Waals surface area contributed by atoms with Crippen molar-refractivity contribution in [3.05, 3.63) is 42.3 Å². The molecule has 142 valence electrons. The molecule has 2 aromatic carbocycles. The van der Waals surface area contributed by atoms with Crippen LogP contribution in [0.4, 0.5) is 0 Å². The van der Waals surface area contributed by atoms with E-state index in [0.29, 0.717) is 35.5 Å². The molecule has 0 aliphatic rings. The third-order valence-electron chi connectivity index (χ3n) is 4.10. The predicted molar refractivity (Wildman–Crippen MR) is 103 cm³/mol. The molecule has 6 nitrogen and oxygen atoms in total. The molecule has 1 aromatic heterocycles. The van der Waals surface area contributed by atoms with Crippen LogP contribution in [0.3, 0.4) is 0 Å². The van der Waals surface area contributed by atoms with Gasteiger partial charge < -0.3 is 23.4 Å². The van der Waals surface area contributed by atoms with Gasteiger partial charge in [0.1, 0.15) is 11.4 Å². The second kappa shape index (κ2) is 8.03. The van der Waals surface area contributed by atoms with Crippen molar-refractivity contribution in [3.63, 3.8) is 0 Å². The molecule has 0 atom stereocenters. The maximum atomic E-state index is 5.91. The largest absolute Gasteiger partial charge is 0.494 e. The highest BCUT2D eigenvalue weighted by Gasteiger charge is 2.20. The van der Waals surface area contributed by atoms with Gasteiger partial charge in [0.05, 0.1) is 27.9 Å². The van der Waals surface area contributed by atoms with Crippen LogP contribution < -0.4 is 18.9 Å². The summed E-state index contributed by atoms with van der Waals surface area (Å²) in [4.78, 5) is 4.57. The Hall–Kier alpha value is -3.15. The summed E-state index contributed by atoms with van der Waals surface area (Å²) in [6, 6.07) is 11.5. The van der Waals surface area contributed by atoms with Crippen molar-refractivity contribution >= 4 is 0 Å². The number of aryl methyl sites for hydroxylation is 1. The van der Waals surface area contributed by atoms with Gasteiger partial charge in [0.2, 0.25) is 5.75 Å². The number of hydrogen-bond donors (Lipinski definition) is 0. The van der Waals surface area contributed by atoms with E-state index in [9.17, 15) is 0 Å². The molecule has 0 unspecified atom stereocenters. The van der Waals surface area contributed by atoms with E-state index < -0.39 is 0 Å². The summed E-state index contributed by atoms with van der Waals surface area (Å²) >= 11 is 0. The van der Waals surface area contributed by atoms with Gasteiger partial charge >= 0.3 is 0 Å². The fraction of sp³-hybridized carbons (Fsp3) is 0.286. The van der Waals surface area contributed by atoms with Crippen molar-refractivity contribution in [2.75, 3.05) is 27.9 Å². The lowest BCUT2D eigenvalue weighted by atomic mass is 10.0. The highest BCUT2D eigenvalue weighted by Crippen LogP contribution is 2.43. The Labute approximate surface area is 158 Å². The van der Waals surface area contributed by atoms with E-state index in [1.165, 1.54) is 0 Å². The molecule has 0 radical (unpaired) electrons. The fourth-order valence-corrected chi connectivity index (χ4v) is 2.91. The lowest BCUT2D eigenvalue weighted by Crippen LogP contribution is -1.96. The van der Waals surface area contributed by atoms with Crippen LogP contribution >= 0.6 is 0 Å². The van der Waals surface area contributed by atoms with Gasteiger partial charge in [-0.25, -0.2) is 4.98 Å². The van der Waals surface area contributed by atoms with Crippen molar-refractivity contribution in [1.82, 2.24) is 4.98 Å². The van der Waals surface area contributed by atoms with Crippen molar-refractivity contribution in [3.8, 4) is 45.6 Å². The molecule has 0 saturated carbocycles. The average Bonchev–Trinajstić information content (AvgIpc) is 3.09. The lowest BCUT2D eigenvalue weighted by Gasteiger charge is -2.13. The minimum atomic E-state index is 0.530. The molecule has 27 heavy (non-hydrogen) atoms. The molecule has 0 saturated heterocycles. The molecule has 3 aromatic rings. The van der Waals surface area contributed by atoms with E-state index in [4.69, 9.17) is 23.4 Å². The number of aromatic nitrogens is 1. The number of methoxy groups -OCH3 is 3. The summed E-state index contributed by atoms with van der Waals surface area (Å²) in [5, 5.41) is 0. The molecule has 3 rings (SSSR count).